The number of amides is 2. The number of benzene rings is 1. The van der Waals surface area contributed by atoms with Gasteiger partial charge in [-0.05, 0) is 37.1 Å². The lowest BCUT2D eigenvalue weighted by molar-refractivity contribution is -0.137. The van der Waals surface area contributed by atoms with Crippen LogP contribution in [-0.2, 0) is 6.18 Å². The summed E-state index contributed by atoms with van der Waals surface area (Å²) in [5.41, 5.74) is 0.112. The van der Waals surface area contributed by atoms with Crippen LogP contribution in [0.3, 0.4) is 0 Å². The van der Waals surface area contributed by atoms with Gasteiger partial charge in [0.05, 0.1) is 5.56 Å². The van der Waals surface area contributed by atoms with Gasteiger partial charge in [-0.3, -0.25) is 0 Å². The molecule has 0 saturated carbocycles. The first-order chi connectivity index (χ1) is 8.38. The third-order valence-electron chi connectivity index (χ3n) is 2.94. The van der Waals surface area contributed by atoms with Crippen LogP contribution in [0.15, 0.2) is 18.2 Å². The maximum Gasteiger partial charge on any atom is 0.416 e. The van der Waals surface area contributed by atoms with E-state index in [0.29, 0.717) is 24.3 Å². The lowest BCUT2D eigenvalue weighted by Gasteiger charge is -2.31. The number of carbonyl (C=O) groups is 1. The second-order valence-corrected chi connectivity index (χ2v) is 4.30. The van der Waals surface area contributed by atoms with Crippen LogP contribution in [0.25, 0.3) is 0 Å². The topological polar surface area (TPSA) is 32.3 Å². The van der Waals surface area contributed by atoms with Crippen molar-refractivity contribution >= 4 is 11.7 Å². The molecule has 0 aromatic heterocycles. The number of hydrogen-bond donors (Lipinski definition) is 1. The minimum Gasteiger partial charge on any atom is -0.324 e. The van der Waals surface area contributed by atoms with Crippen molar-refractivity contribution in [3.05, 3.63) is 29.3 Å². The van der Waals surface area contributed by atoms with Gasteiger partial charge in [0.15, 0.2) is 0 Å². The molecule has 20 heavy (non-hydrogen) atoms. The van der Waals surface area contributed by atoms with E-state index in [9.17, 15) is 18.0 Å². The molecule has 0 bridgehead atoms. The Morgan fingerprint density at radius 1 is 1.25 bits per heavy atom. The smallest absolute Gasteiger partial charge is 0.324 e. The molecule has 2 amide bonds. The number of nitrogens with one attached hydrogen (secondary N) is 1. The van der Waals surface area contributed by atoms with Crippen LogP contribution in [0.5, 0.6) is 0 Å². The molecule has 0 unspecified atom stereocenters. The van der Waals surface area contributed by atoms with Crippen LogP contribution in [-0.4, -0.2) is 24.0 Å². The minimum absolute atomic E-state index is 0. The number of anilines is 1. The number of urea groups is 1. The zero-order valence-electron chi connectivity index (χ0n) is 9.84. The summed E-state index contributed by atoms with van der Waals surface area (Å²) < 4.78 is 37.4. The van der Waals surface area contributed by atoms with Crippen molar-refractivity contribution < 1.29 is 18.0 Å². The molecule has 1 saturated heterocycles. The van der Waals surface area contributed by atoms with Crippen molar-refractivity contribution in [3.63, 3.8) is 0 Å². The first-order valence-electron chi connectivity index (χ1n) is 5.62. The van der Waals surface area contributed by atoms with Crippen molar-refractivity contribution in [1.29, 1.82) is 0 Å². The zero-order chi connectivity index (χ0) is 13.3. The van der Waals surface area contributed by atoms with E-state index in [-0.39, 0.29) is 20.9 Å². The van der Waals surface area contributed by atoms with Gasteiger partial charge in [-0.15, -0.1) is 0 Å². The van der Waals surface area contributed by atoms with Crippen LogP contribution < -0.4 is 5.32 Å². The van der Waals surface area contributed by atoms with Crippen molar-refractivity contribution in [2.45, 2.75) is 34.4 Å². The molecule has 1 aliphatic heterocycles. The standard InChI is InChI=1S/C12H13F3N2O.2CH4/c1-8-7-9(12(13,14)15)3-4-10(8)16-11(18)17-5-2-6-17;;/h3-4,7H,2,5-6H2,1H3,(H,16,18);2*1H4. The summed E-state index contributed by atoms with van der Waals surface area (Å²) >= 11 is 0. The fourth-order valence-electron chi connectivity index (χ4n) is 1.69. The van der Waals surface area contributed by atoms with Crippen molar-refractivity contribution in [3.8, 4) is 0 Å². The fraction of sp³-hybridized carbons (Fsp3) is 0.500. The van der Waals surface area contributed by atoms with Crippen LogP contribution in [0.4, 0.5) is 23.7 Å². The summed E-state index contributed by atoms with van der Waals surface area (Å²) in [5.74, 6) is 0. The lowest BCUT2D eigenvalue weighted by atomic mass is 10.1. The molecule has 0 radical (unpaired) electrons. The summed E-state index contributed by atoms with van der Waals surface area (Å²) in [7, 11) is 0. The summed E-state index contributed by atoms with van der Waals surface area (Å²) in [6.45, 7) is 2.94. The van der Waals surface area contributed by atoms with Gasteiger partial charge in [-0.25, -0.2) is 4.79 Å². The van der Waals surface area contributed by atoms with E-state index in [0.717, 1.165) is 18.6 Å². The number of likely N-dealkylation sites (tertiary alicyclic amines) is 1. The average molecular weight is 290 g/mol. The molecule has 1 aliphatic rings. The highest BCUT2D eigenvalue weighted by Gasteiger charge is 2.30. The van der Waals surface area contributed by atoms with Crippen molar-refractivity contribution in [2.24, 2.45) is 0 Å². The van der Waals surface area contributed by atoms with E-state index in [1.807, 2.05) is 0 Å². The quantitative estimate of drug-likeness (QED) is 0.810. The number of rotatable bonds is 1. The van der Waals surface area contributed by atoms with Crippen molar-refractivity contribution in [1.82, 2.24) is 4.90 Å². The molecule has 3 nitrogen and oxygen atoms in total. The highest BCUT2D eigenvalue weighted by molar-refractivity contribution is 5.90. The van der Waals surface area contributed by atoms with Crippen LogP contribution >= 0.6 is 0 Å². The minimum atomic E-state index is -4.36. The third kappa shape index (κ3) is 3.88. The van der Waals surface area contributed by atoms with Crippen molar-refractivity contribution in [2.75, 3.05) is 18.4 Å². The molecule has 0 aliphatic carbocycles. The number of carbonyl (C=O) groups excluding carboxylic acids is 1. The second kappa shape index (κ2) is 6.63. The monoisotopic (exact) mass is 290 g/mol. The SMILES string of the molecule is C.C.Cc1cc(C(F)(F)F)ccc1NC(=O)N1CCC1. The number of hydrogen-bond acceptors (Lipinski definition) is 1. The summed E-state index contributed by atoms with van der Waals surface area (Å²) in [5, 5.41) is 2.61. The number of nitrogens with zero attached hydrogens (tertiary/aromatic N) is 1. The van der Waals surface area contributed by atoms with Gasteiger partial charge in [0.1, 0.15) is 0 Å². The highest BCUT2D eigenvalue weighted by Crippen LogP contribution is 2.31. The first kappa shape index (κ1) is 18.3. The number of halogens is 3. The Morgan fingerprint density at radius 2 is 1.85 bits per heavy atom. The normalized spacial score (nSPS) is 13.7. The Kier molecular flexibility index (Phi) is 6.06. The molecular formula is C14H21F3N2O. The maximum atomic E-state index is 12.5. The predicted molar refractivity (Wildman–Crippen MR) is 74.9 cm³/mol. The Hall–Kier alpha value is -1.72. The van der Waals surface area contributed by atoms with Gasteiger partial charge in [0.2, 0.25) is 0 Å². The highest BCUT2D eigenvalue weighted by atomic mass is 19.4. The van der Waals surface area contributed by atoms with Gasteiger partial charge < -0.3 is 10.2 Å². The third-order valence-corrected chi connectivity index (χ3v) is 2.94. The van der Waals surface area contributed by atoms with Crippen LogP contribution in [0, 0.1) is 6.92 Å². The van der Waals surface area contributed by atoms with E-state index in [4.69, 9.17) is 0 Å². The average Bonchev–Trinajstić information content (AvgIpc) is 2.16. The Morgan fingerprint density at radius 3 is 2.25 bits per heavy atom. The fourth-order valence-corrected chi connectivity index (χ4v) is 1.69. The predicted octanol–water partition coefficient (Wildman–Crippen LogP) is 4.52. The van der Waals surface area contributed by atoms with E-state index in [1.165, 1.54) is 6.07 Å². The van der Waals surface area contributed by atoms with E-state index >= 15 is 0 Å². The van der Waals surface area contributed by atoms with E-state index in [2.05, 4.69) is 5.32 Å². The summed E-state index contributed by atoms with van der Waals surface area (Å²) in [4.78, 5) is 13.2. The van der Waals surface area contributed by atoms with E-state index in [1.54, 1.807) is 11.8 Å². The molecule has 0 spiro atoms. The van der Waals surface area contributed by atoms with Gasteiger partial charge in [-0.2, -0.15) is 13.2 Å². The molecule has 1 heterocycles. The van der Waals surface area contributed by atoms with Gasteiger partial charge >= 0.3 is 12.2 Å². The Labute approximate surface area is 117 Å². The molecule has 1 N–H and O–H groups in total. The number of alkyl halides is 3. The van der Waals surface area contributed by atoms with Gasteiger partial charge in [-0.1, -0.05) is 14.9 Å². The largest absolute Gasteiger partial charge is 0.416 e. The molecule has 1 aromatic rings. The maximum absolute atomic E-state index is 12.5. The Balaban J connectivity index is 0.00000180. The van der Waals surface area contributed by atoms with E-state index < -0.39 is 11.7 Å². The summed E-state index contributed by atoms with van der Waals surface area (Å²) in [6.07, 6.45) is -3.38. The first-order valence-corrected chi connectivity index (χ1v) is 5.62. The van der Waals surface area contributed by atoms with Crippen LogP contribution in [0.1, 0.15) is 32.4 Å². The lowest BCUT2D eigenvalue weighted by Crippen LogP contribution is -2.44. The zero-order valence-corrected chi connectivity index (χ0v) is 9.84. The molecule has 2 rings (SSSR count). The molecule has 6 heteroatoms. The molecule has 1 aromatic carbocycles. The molecular weight excluding hydrogens is 269 g/mol. The van der Waals surface area contributed by atoms with Crippen LogP contribution in [0.2, 0.25) is 0 Å². The number of aryl methyl sites for hydroxylation is 1. The molecule has 114 valence electrons. The molecule has 0 atom stereocenters. The second-order valence-electron chi connectivity index (χ2n) is 4.30. The summed E-state index contributed by atoms with van der Waals surface area (Å²) in [6, 6.07) is 3.03. The van der Waals surface area contributed by atoms with Gasteiger partial charge in [0, 0.05) is 18.8 Å². The van der Waals surface area contributed by atoms with Gasteiger partial charge in [0.25, 0.3) is 0 Å². The molecule has 1 fully saturated rings. The Bertz CT molecular complexity index is 468.